The highest BCUT2D eigenvalue weighted by Gasteiger charge is 2.11. The topological polar surface area (TPSA) is 77.5 Å². The Morgan fingerprint density at radius 3 is 1.95 bits per heavy atom. The van der Waals surface area contributed by atoms with E-state index < -0.39 is 5.97 Å². The summed E-state index contributed by atoms with van der Waals surface area (Å²) in [5.74, 6) is -0.604. The first-order chi connectivity index (χ1) is 19.1. The number of ether oxygens (including phenoxy) is 2. The maximum absolute atomic E-state index is 12.2. The number of anilines is 1. The third kappa shape index (κ3) is 15.3. The molecule has 1 N–H and O–H groups in total. The van der Waals surface area contributed by atoms with Gasteiger partial charge in [-0.05, 0) is 43.5 Å². The van der Waals surface area contributed by atoms with Crippen LogP contribution in [0.5, 0.6) is 5.75 Å². The Kier molecular flexibility index (Phi) is 17.4. The van der Waals surface area contributed by atoms with Gasteiger partial charge in [-0.1, -0.05) is 103 Å². The van der Waals surface area contributed by atoms with E-state index in [1.165, 1.54) is 108 Å². The average Bonchev–Trinajstić information content (AvgIpc) is 2.95. The molecule has 0 bridgehead atoms. The number of pyridine rings is 1. The lowest BCUT2D eigenvalue weighted by atomic mass is 10.0. The van der Waals surface area contributed by atoms with Crippen LogP contribution in [0.25, 0.3) is 0 Å². The number of unbranched alkanes of at least 4 members (excludes halogenated alkanes) is 13. The first-order valence-electron chi connectivity index (χ1n) is 15.3. The van der Waals surface area contributed by atoms with E-state index in [0.717, 1.165) is 17.8 Å². The molecule has 6 nitrogen and oxygen atoms in total. The Morgan fingerprint density at radius 1 is 0.769 bits per heavy atom. The number of hydrogen-bond acceptors (Lipinski definition) is 6. The number of nitrogens with zero attached hydrogens (tertiary/aromatic N) is 1. The van der Waals surface area contributed by atoms with E-state index in [1.54, 1.807) is 6.92 Å². The predicted molar refractivity (Wildman–Crippen MR) is 159 cm³/mol. The Morgan fingerprint density at radius 2 is 1.36 bits per heavy atom. The maximum atomic E-state index is 12.2. The molecule has 0 atom stereocenters. The monoisotopic (exact) mass is 538 g/mol. The second kappa shape index (κ2) is 21.0. The normalized spacial score (nSPS) is 10.8. The lowest BCUT2D eigenvalue weighted by Crippen LogP contribution is -2.11. The highest BCUT2D eigenvalue weighted by molar-refractivity contribution is 5.89. The van der Waals surface area contributed by atoms with Crippen LogP contribution in [0, 0.1) is 0 Å². The molecule has 0 aliphatic rings. The predicted octanol–water partition coefficient (Wildman–Crippen LogP) is 8.69. The second-order valence-electron chi connectivity index (χ2n) is 10.3. The van der Waals surface area contributed by atoms with Gasteiger partial charge in [0.2, 0.25) is 0 Å². The third-order valence-electron chi connectivity index (χ3n) is 6.89. The van der Waals surface area contributed by atoms with E-state index >= 15 is 0 Å². The number of aromatic nitrogens is 1. The summed E-state index contributed by atoms with van der Waals surface area (Å²) in [5, 5.41) is 3.50. The van der Waals surface area contributed by atoms with Gasteiger partial charge in [0.05, 0.1) is 18.4 Å². The van der Waals surface area contributed by atoms with Gasteiger partial charge in [0.25, 0.3) is 0 Å². The zero-order valence-corrected chi connectivity index (χ0v) is 24.3. The Labute approximate surface area is 236 Å². The van der Waals surface area contributed by atoms with Gasteiger partial charge >= 0.3 is 11.9 Å². The van der Waals surface area contributed by atoms with Crippen molar-refractivity contribution < 1.29 is 19.1 Å². The van der Waals surface area contributed by atoms with E-state index in [-0.39, 0.29) is 30.3 Å². The van der Waals surface area contributed by atoms with Gasteiger partial charge in [0.1, 0.15) is 5.75 Å². The Hall–Kier alpha value is -2.89. The number of carbonyl (C=O) groups is 2. The van der Waals surface area contributed by atoms with Crippen LogP contribution in [0.3, 0.4) is 0 Å². The van der Waals surface area contributed by atoms with Gasteiger partial charge in [-0.15, -0.1) is 0 Å². The van der Waals surface area contributed by atoms with Crippen LogP contribution in [0.15, 0.2) is 42.7 Å². The van der Waals surface area contributed by atoms with Crippen LogP contribution in [0.4, 0.5) is 5.69 Å². The van der Waals surface area contributed by atoms with Crippen molar-refractivity contribution in [2.75, 3.05) is 18.5 Å². The SMILES string of the molecule is CCCCCCCCCCCCCCCCNc1ccc(CCC(=O)Oc2cncc(C(=O)OCC)c2)cc1. The third-order valence-corrected chi connectivity index (χ3v) is 6.89. The molecule has 0 fully saturated rings. The molecule has 0 aliphatic carbocycles. The van der Waals surface area contributed by atoms with E-state index in [9.17, 15) is 9.59 Å². The van der Waals surface area contributed by atoms with Gasteiger partial charge in [-0.2, -0.15) is 0 Å². The summed E-state index contributed by atoms with van der Waals surface area (Å²) in [5.41, 5.74) is 2.45. The molecule has 216 valence electrons. The molecule has 1 heterocycles. The summed E-state index contributed by atoms with van der Waals surface area (Å²) in [6, 6.07) is 9.70. The fourth-order valence-corrected chi connectivity index (χ4v) is 4.57. The molecule has 0 saturated carbocycles. The average molecular weight is 539 g/mol. The molecule has 0 spiro atoms. The van der Waals surface area contributed by atoms with Crippen molar-refractivity contribution in [1.29, 1.82) is 0 Å². The number of rotatable bonds is 22. The van der Waals surface area contributed by atoms with Crippen LogP contribution in [0.1, 0.15) is 126 Å². The summed E-state index contributed by atoms with van der Waals surface area (Å²) >= 11 is 0. The van der Waals surface area contributed by atoms with Crippen LogP contribution >= 0.6 is 0 Å². The van der Waals surface area contributed by atoms with Crippen molar-refractivity contribution in [1.82, 2.24) is 4.98 Å². The summed E-state index contributed by atoms with van der Waals surface area (Å²) in [6.45, 7) is 5.28. The number of esters is 2. The summed E-state index contributed by atoms with van der Waals surface area (Å²) in [6.07, 6.45) is 22.9. The fourth-order valence-electron chi connectivity index (χ4n) is 4.57. The van der Waals surface area contributed by atoms with Gasteiger partial charge in [-0.25, -0.2) is 4.79 Å². The Bertz CT molecular complexity index is 930. The van der Waals surface area contributed by atoms with Gasteiger partial charge in [-0.3, -0.25) is 9.78 Å². The highest BCUT2D eigenvalue weighted by Crippen LogP contribution is 2.16. The molecule has 0 amide bonds. The molecule has 1 aromatic carbocycles. The molecular weight excluding hydrogens is 488 g/mol. The largest absolute Gasteiger partial charge is 0.462 e. The van der Waals surface area contributed by atoms with Crippen LogP contribution in [0.2, 0.25) is 0 Å². The molecule has 0 saturated heterocycles. The number of aryl methyl sites for hydroxylation is 1. The highest BCUT2D eigenvalue weighted by atomic mass is 16.5. The van der Waals surface area contributed by atoms with Gasteiger partial charge < -0.3 is 14.8 Å². The van der Waals surface area contributed by atoms with Crippen molar-refractivity contribution in [2.24, 2.45) is 0 Å². The number of hydrogen-bond donors (Lipinski definition) is 1. The molecule has 2 aromatic rings. The van der Waals surface area contributed by atoms with Crippen LogP contribution < -0.4 is 10.1 Å². The van der Waals surface area contributed by atoms with Crippen molar-refractivity contribution in [3.05, 3.63) is 53.9 Å². The Balaban J connectivity index is 1.49. The van der Waals surface area contributed by atoms with E-state index in [2.05, 4.69) is 29.4 Å². The number of carbonyl (C=O) groups excluding carboxylic acids is 2. The fraction of sp³-hybridized carbons (Fsp3) is 0.606. The van der Waals surface area contributed by atoms with Crippen molar-refractivity contribution in [2.45, 2.75) is 117 Å². The molecule has 0 radical (unpaired) electrons. The minimum absolute atomic E-state index is 0.244. The molecule has 0 aliphatic heterocycles. The first kappa shape index (κ1) is 32.3. The molecule has 1 aromatic heterocycles. The lowest BCUT2D eigenvalue weighted by molar-refractivity contribution is -0.134. The number of benzene rings is 1. The summed E-state index contributed by atoms with van der Waals surface area (Å²) in [7, 11) is 0. The molecule has 6 heteroatoms. The molecule has 2 rings (SSSR count). The van der Waals surface area contributed by atoms with E-state index in [0.29, 0.717) is 6.42 Å². The smallest absolute Gasteiger partial charge is 0.339 e. The van der Waals surface area contributed by atoms with Crippen LogP contribution in [-0.4, -0.2) is 30.1 Å². The van der Waals surface area contributed by atoms with Crippen molar-refractivity contribution in [3.8, 4) is 5.75 Å². The standard InChI is InChI=1S/C33H50N2O4/c1-3-5-6-7-8-9-10-11-12-13-14-15-16-17-24-35-30-21-18-28(19-22-30)20-23-32(36)39-31-25-29(26-34-27-31)33(37)38-4-2/h18-19,21-22,25-27,35H,3-17,20,23-24H2,1-2H3. The quantitative estimate of drug-likeness (QED) is 0.119. The summed E-state index contributed by atoms with van der Waals surface area (Å²) < 4.78 is 10.3. The molecular formula is C33H50N2O4. The van der Waals surface area contributed by atoms with Gasteiger partial charge in [0.15, 0.2) is 0 Å². The minimum atomic E-state index is -0.485. The van der Waals surface area contributed by atoms with Crippen LogP contribution in [-0.2, 0) is 16.0 Å². The zero-order chi connectivity index (χ0) is 28.0. The zero-order valence-electron chi connectivity index (χ0n) is 24.3. The lowest BCUT2D eigenvalue weighted by Gasteiger charge is -2.08. The first-order valence-corrected chi connectivity index (χ1v) is 15.3. The van der Waals surface area contributed by atoms with Crippen molar-refractivity contribution >= 4 is 17.6 Å². The second-order valence-corrected chi connectivity index (χ2v) is 10.3. The van der Waals surface area contributed by atoms with E-state index in [4.69, 9.17) is 9.47 Å². The van der Waals surface area contributed by atoms with Crippen molar-refractivity contribution in [3.63, 3.8) is 0 Å². The minimum Gasteiger partial charge on any atom is -0.462 e. The molecule has 39 heavy (non-hydrogen) atoms. The number of nitrogens with one attached hydrogen (secondary N) is 1. The van der Waals surface area contributed by atoms with Gasteiger partial charge in [0, 0.05) is 24.8 Å². The summed E-state index contributed by atoms with van der Waals surface area (Å²) in [4.78, 5) is 28.0. The van der Waals surface area contributed by atoms with E-state index in [1.807, 2.05) is 12.1 Å². The maximum Gasteiger partial charge on any atom is 0.339 e. The molecule has 0 unspecified atom stereocenters.